The number of anilines is 3. The first-order valence-corrected chi connectivity index (χ1v) is 25.7. The van der Waals surface area contributed by atoms with Gasteiger partial charge in [-0.2, -0.15) is 18.8 Å². The Morgan fingerprint density at radius 1 is 0.521 bits per heavy atom. The Bertz CT molecular complexity index is 3420. The molecular weight excluding hydrogens is 1070 g/mol. The van der Waals surface area contributed by atoms with Crippen LogP contribution in [-0.2, 0) is 49.1 Å². The molecule has 0 saturated carbocycles. The maximum atomic E-state index is 6.71. The van der Waals surface area contributed by atoms with Gasteiger partial charge in [0, 0.05) is 55.7 Å². The Morgan fingerprint density at radius 2 is 1.18 bits per heavy atom. The molecule has 5 nitrogen and oxygen atoms in total. The van der Waals surface area contributed by atoms with Crippen LogP contribution in [0.15, 0.2) is 158 Å². The number of rotatable bonds is 10. The van der Waals surface area contributed by atoms with Crippen LogP contribution in [0.5, 0.6) is 11.5 Å². The molecule has 10 rings (SSSR count). The van der Waals surface area contributed by atoms with Gasteiger partial charge in [-0.15, -0.1) is 41.4 Å². The Kier molecular flexibility index (Phi) is 14.0. The number of hydrogen-bond acceptors (Lipinski definition) is 4. The molecule has 9 aromatic rings. The molecule has 3 heterocycles. The number of ether oxygens (including phenoxy) is 1. The van der Waals surface area contributed by atoms with Crippen molar-refractivity contribution in [2.24, 2.45) is 0 Å². The number of benzene rings is 7. The summed E-state index contributed by atoms with van der Waals surface area (Å²) in [6.45, 7) is 30.7. The third-order valence-corrected chi connectivity index (χ3v) is 14.3. The van der Waals surface area contributed by atoms with Gasteiger partial charge < -0.3 is 19.1 Å². The molecule has 0 amide bonds. The molecular formula is C67H69N4OPt-3. The molecule has 0 spiro atoms. The maximum absolute atomic E-state index is 6.71. The monoisotopic (exact) mass is 1140 g/mol. The van der Waals surface area contributed by atoms with Crippen molar-refractivity contribution in [3.8, 4) is 39.6 Å². The number of aromatic nitrogens is 2. The quantitative estimate of drug-likeness (QED) is 0.128. The van der Waals surface area contributed by atoms with E-state index >= 15 is 0 Å². The average Bonchev–Trinajstić information content (AvgIpc) is 3.88. The number of nitrogens with zero attached hydrogens (tertiary/aromatic N) is 4. The molecule has 1 aliphatic rings. The van der Waals surface area contributed by atoms with Crippen LogP contribution in [0.2, 0.25) is 0 Å². The first kappa shape index (κ1) is 51.5. The van der Waals surface area contributed by atoms with Gasteiger partial charge in [-0.05, 0) is 127 Å². The minimum Gasteiger partial charge on any atom is -0.509 e. The van der Waals surface area contributed by atoms with Crippen molar-refractivity contribution in [1.29, 1.82) is 0 Å². The molecule has 2 aromatic heterocycles. The van der Waals surface area contributed by atoms with Gasteiger partial charge in [0.2, 0.25) is 0 Å². The molecule has 7 aromatic carbocycles. The van der Waals surface area contributed by atoms with Crippen molar-refractivity contribution < 1.29 is 25.8 Å². The summed E-state index contributed by atoms with van der Waals surface area (Å²) >= 11 is 0. The summed E-state index contributed by atoms with van der Waals surface area (Å²) in [7, 11) is 0. The van der Waals surface area contributed by atoms with E-state index in [1.54, 1.807) is 0 Å². The fourth-order valence-corrected chi connectivity index (χ4v) is 9.98. The predicted molar refractivity (Wildman–Crippen MR) is 303 cm³/mol. The summed E-state index contributed by atoms with van der Waals surface area (Å²) in [6.07, 6.45) is 3.85. The van der Waals surface area contributed by atoms with Gasteiger partial charge in [0.1, 0.15) is 5.82 Å². The summed E-state index contributed by atoms with van der Waals surface area (Å²) in [5.74, 6) is 2.08. The van der Waals surface area contributed by atoms with Crippen LogP contribution in [0.1, 0.15) is 117 Å². The third-order valence-electron chi connectivity index (χ3n) is 14.3. The van der Waals surface area contributed by atoms with Crippen LogP contribution in [0.3, 0.4) is 0 Å². The second-order valence-corrected chi connectivity index (χ2v) is 23.9. The summed E-state index contributed by atoms with van der Waals surface area (Å²) in [6, 6.07) is 62.3. The van der Waals surface area contributed by atoms with Gasteiger partial charge in [-0.25, -0.2) is 4.98 Å². The van der Waals surface area contributed by atoms with E-state index in [2.05, 4.69) is 250 Å². The summed E-state index contributed by atoms with van der Waals surface area (Å²) in [5.41, 5.74) is 17.0. The van der Waals surface area contributed by atoms with Crippen molar-refractivity contribution in [1.82, 2.24) is 9.55 Å². The largest absolute Gasteiger partial charge is 0.509 e. The summed E-state index contributed by atoms with van der Waals surface area (Å²) in [5, 5.41) is 2.22. The summed E-state index contributed by atoms with van der Waals surface area (Å²) in [4.78, 5) is 9.57. The Morgan fingerprint density at radius 3 is 1.88 bits per heavy atom. The molecule has 0 N–H and O–H groups in total. The second kappa shape index (κ2) is 19.8. The standard InChI is InChI=1S/C67H69N4O.Pt/c1-64(2,3)49-28-30-56(48-37-51(66(7,8)9)40-52(38-48)67(10,11)12)47(36-49)22-19-35-69-44-70(61-26-17-16-25-60(61)69)53-23-18-24-54(42-53)72-55-29-31-57-58-39-46(45-20-14-13-15-21-45)27-32-59(58)71(62(57)43-55)63-41-50(33-34-68-63)65(4,5)6;/h13-18,20-21,23-34,36-41,44H,19,22,35H2,1-12H3;/q-3;. The molecule has 0 fully saturated rings. The molecule has 376 valence electrons. The average molecular weight is 1140 g/mol. The molecule has 0 unspecified atom stereocenters. The van der Waals surface area contributed by atoms with Crippen molar-refractivity contribution in [3.05, 3.63) is 204 Å². The molecule has 0 radical (unpaired) electrons. The van der Waals surface area contributed by atoms with Crippen molar-refractivity contribution >= 4 is 38.9 Å². The molecule has 0 bridgehead atoms. The zero-order valence-electron chi connectivity index (χ0n) is 44.7. The molecule has 0 saturated heterocycles. The predicted octanol–water partition coefficient (Wildman–Crippen LogP) is 17.8. The van der Waals surface area contributed by atoms with Crippen LogP contribution < -0.4 is 14.5 Å². The van der Waals surface area contributed by atoms with E-state index in [4.69, 9.17) is 9.72 Å². The van der Waals surface area contributed by atoms with Crippen molar-refractivity contribution in [2.45, 2.75) is 118 Å². The first-order valence-electron chi connectivity index (χ1n) is 25.7. The van der Waals surface area contributed by atoms with Gasteiger partial charge in [-0.3, -0.25) is 0 Å². The summed E-state index contributed by atoms with van der Waals surface area (Å²) < 4.78 is 8.93. The van der Waals surface area contributed by atoms with E-state index in [9.17, 15) is 0 Å². The second-order valence-electron chi connectivity index (χ2n) is 23.9. The van der Waals surface area contributed by atoms with Gasteiger partial charge >= 0.3 is 0 Å². The molecule has 6 heteroatoms. The van der Waals surface area contributed by atoms with E-state index in [0.717, 1.165) is 63.9 Å². The van der Waals surface area contributed by atoms with Crippen molar-refractivity contribution in [2.75, 3.05) is 16.3 Å². The minimum atomic E-state index is -0.0423. The van der Waals surface area contributed by atoms with Gasteiger partial charge in [0.15, 0.2) is 0 Å². The topological polar surface area (TPSA) is 33.5 Å². The molecule has 1 aliphatic heterocycles. The Labute approximate surface area is 449 Å². The van der Waals surface area contributed by atoms with Gasteiger partial charge in [0.25, 0.3) is 0 Å². The fourth-order valence-electron chi connectivity index (χ4n) is 9.98. The first-order chi connectivity index (χ1) is 34.2. The van der Waals surface area contributed by atoms with Crippen molar-refractivity contribution in [3.63, 3.8) is 0 Å². The molecule has 73 heavy (non-hydrogen) atoms. The smallest absolute Gasteiger partial charge is 0.135 e. The van der Waals surface area contributed by atoms with E-state index in [1.165, 1.54) is 50.2 Å². The normalized spacial score (nSPS) is 13.2. The molecule has 0 aliphatic carbocycles. The minimum absolute atomic E-state index is 0. The zero-order valence-corrected chi connectivity index (χ0v) is 47.0. The molecule has 0 atom stereocenters. The maximum Gasteiger partial charge on any atom is 0.135 e. The van der Waals surface area contributed by atoms with E-state index < -0.39 is 0 Å². The number of aryl methyl sites for hydroxylation is 1. The van der Waals surface area contributed by atoms with E-state index in [-0.39, 0.29) is 42.7 Å². The third kappa shape index (κ3) is 10.7. The fraction of sp³-hybridized carbons (Fsp3) is 0.284. The number of para-hydroxylation sites is 2. The van der Waals surface area contributed by atoms with Crippen LogP contribution in [0.25, 0.3) is 49.9 Å². The van der Waals surface area contributed by atoms with Gasteiger partial charge in [-0.1, -0.05) is 180 Å². The SMILES string of the molecule is CC(C)(C)c1cc(-c2ccc(C(C)(C)C)cc2CCCN2[CH-]N(c3[c-]c(Oc4[c-]c5c(cc4)c4cc(-c6ccccc6)ccc4n5-c4cc(C(C)(C)C)ccn4)ccc3)c3ccccc32)cc(C(C)(C)C)c1.[Pt]. The number of fused-ring (bicyclic) bond motifs is 4. The van der Waals surface area contributed by atoms with E-state index in [1.807, 2.05) is 24.4 Å². The van der Waals surface area contributed by atoms with Crippen LogP contribution >= 0.6 is 0 Å². The Balaban J connectivity index is 0.00000656. The number of hydrogen-bond donors (Lipinski definition) is 0. The number of pyridine rings is 1. The van der Waals surface area contributed by atoms with Gasteiger partial charge in [0.05, 0.1) is 0 Å². The van der Waals surface area contributed by atoms with Crippen LogP contribution in [0.4, 0.5) is 17.1 Å². The van der Waals surface area contributed by atoms with E-state index in [0.29, 0.717) is 11.5 Å². The van der Waals surface area contributed by atoms with Crippen LogP contribution in [0, 0.1) is 18.8 Å². The zero-order chi connectivity index (χ0) is 50.7. The van der Waals surface area contributed by atoms with Crippen LogP contribution in [-0.4, -0.2) is 16.1 Å². The Hall–Kier alpha value is -6.42.